The normalized spacial score (nSPS) is 16.2. The van der Waals surface area contributed by atoms with Crippen LogP contribution in [0.25, 0.3) is 16.3 Å². The topological polar surface area (TPSA) is 96.1 Å². The molecule has 48 heavy (non-hydrogen) atoms. The van der Waals surface area contributed by atoms with E-state index in [-0.39, 0.29) is 17.7 Å². The van der Waals surface area contributed by atoms with Crippen molar-refractivity contribution in [2.75, 3.05) is 9.80 Å². The van der Waals surface area contributed by atoms with Crippen LogP contribution < -0.4 is 9.80 Å². The lowest BCUT2D eigenvalue weighted by atomic mass is 10.1. The van der Waals surface area contributed by atoms with Crippen molar-refractivity contribution in [1.82, 2.24) is 4.98 Å². The third-order valence-electron chi connectivity index (χ3n) is 7.83. The minimum atomic E-state index is -0.333. The molecule has 2 aliphatic heterocycles. The SMILES string of the molecule is Cc1ccc(N=C2S/C(=C\c3ccc(Sc4nc5ccc(N6C(=O)c7ccccc7C6=O)cc5s4)o3)C(=O)N2c2ccc(C)cc2)cc1. The van der Waals surface area contributed by atoms with E-state index in [0.717, 1.165) is 37.1 Å². The van der Waals surface area contributed by atoms with Crippen LogP contribution in [-0.2, 0) is 4.79 Å². The molecule has 234 valence electrons. The van der Waals surface area contributed by atoms with Gasteiger partial charge in [0, 0.05) is 6.08 Å². The van der Waals surface area contributed by atoms with E-state index in [4.69, 9.17) is 14.4 Å². The molecule has 0 atom stereocenters. The van der Waals surface area contributed by atoms with Gasteiger partial charge in [-0.1, -0.05) is 47.5 Å². The summed E-state index contributed by atoms with van der Waals surface area (Å²) in [4.78, 5) is 52.6. The van der Waals surface area contributed by atoms with Crippen LogP contribution >= 0.6 is 34.9 Å². The van der Waals surface area contributed by atoms with Gasteiger partial charge in [0.2, 0.25) is 0 Å². The standard InChI is InChI=1S/C37H24N4O4S3/c1-21-7-11-23(12-8-21)38-36-41(24-13-9-22(2)10-14-24)35(44)31(46-36)20-26-16-18-32(45-26)48-37-39-29-17-15-25(19-30(29)47-37)40-33(42)27-5-3-4-6-28(27)34(40)43/h3-20H,1-2H3/b31-20-,38-36?. The first-order valence-corrected chi connectivity index (χ1v) is 17.4. The highest BCUT2D eigenvalue weighted by Gasteiger charge is 2.37. The molecule has 8 nitrogen and oxygen atoms in total. The number of thiazole rings is 1. The number of anilines is 2. The zero-order valence-electron chi connectivity index (χ0n) is 25.5. The van der Waals surface area contributed by atoms with Gasteiger partial charge in [0.25, 0.3) is 17.7 Å². The summed E-state index contributed by atoms with van der Waals surface area (Å²) in [6.07, 6.45) is 1.74. The molecule has 0 aliphatic carbocycles. The number of imide groups is 1. The summed E-state index contributed by atoms with van der Waals surface area (Å²) in [6, 6.07) is 31.5. The molecule has 1 fully saturated rings. The Labute approximate surface area is 287 Å². The number of hydrogen-bond acceptors (Lipinski definition) is 9. The van der Waals surface area contributed by atoms with Crippen LogP contribution in [0.3, 0.4) is 0 Å². The van der Waals surface area contributed by atoms with Crippen molar-refractivity contribution in [1.29, 1.82) is 0 Å². The summed E-state index contributed by atoms with van der Waals surface area (Å²) < 4.78 is 7.69. The fraction of sp³-hybridized carbons (Fsp3) is 0.0541. The summed E-state index contributed by atoms with van der Waals surface area (Å²) in [5, 5.41) is 1.18. The van der Waals surface area contributed by atoms with Gasteiger partial charge in [-0.2, -0.15) is 0 Å². The van der Waals surface area contributed by atoms with Crippen LogP contribution in [0.15, 0.2) is 127 Å². The zero-order chi connectivity index (χ0) is 32.9. The minimum Gasteiger partial charge on any atom is -0.450 e. The minimum absolute atomic E-state index is 0.180. The Morgan fingerprint density at radius 1 is 0.750 bits per heavy atom. The average Bonchev–Trinajstić information content (AvgIpc) is 3.84. The monoisotopic (exact) mass is 684 g/mol. The van der Waals surface area contributed by atoms with E-state index in [0.29, 0.717) is 37.7 Å². The van der Waals surface area contributed by atoms with Crippen LogP contribution in [0, 0.1) is 13.8 Å². The first-order valence-electron chi connectivity index (χ1n) is 14.9. The van der Waals surface area contributed by atoms with Gasteiger partial charge in [-0.05, 0) is 104 Å². The number of aromatic nitrogens is 1. The number of benzene rings is 4. The van der Waals surface area contributed by atoms with Gasteiger partial charge < -0.3 is 4.42 Å². The second-order valence-corrected chi connectivity index (χ2v) is 14.5. The molecule has 0 saturated carbocycles. The van der Waals surface area contributed by atoms with Gasteiger partial charge in [0.05, 0.1) is 43.3 Å². The van der Waals surface area contributed by atoms with E-state index >= 15 is 0 Å². The first kappa shape index (κ1) is 30.1. The van der Waals surface area contributed by atoms with E-state index in [1.165, 1.54) is 39.8 Å². The molecule has 0 bridgehead atoms. The fourth-order valence-electron chi connectivity index (χ4n) is 5.38. The molecule has 6 aromatic rings. The number of amidine groups is 1. The van der Waals surface area contributed by atoms with Crippen molar-refractivity contribution in [2.45, 2.75) is 23.3 Å². The number of carbonyl (C=O) groups is 3. The predicted molar refractivity (Wildman–Crippen MR) is 193 cm³/mol. The summed E-state index contributed by atoms with van der Waals surface area (Å²) in [5.41, 5.74) is 5.80. The predicted octanol–water partition coefficient (Wildman–Crippen LogP) is 9.27. The average molecular weight is 685 g/mol. The first-order chi connectivity index (χ1) is 23.3. The Balaban J connectivity index is 1.03. The van der Waals surface area contributed by atoms with E-state index in [1.54, 1.807) is 41.3 Å². The number of nitrogens with zero attached hydrogens (tertiary/aromatic N) is 4. The van der Waals surface area contributed by atoms with Crippen molar-refractivity contribution in [3.05, 3.63) is 136 Å². The van der Waals surface area contributed by atoms with Crippen molar-refractivity contribution in [3.63, 3.8) is 0 Å². The maximum atomic E-state index is 13.7. The number of aliphatic imine (C=N–C) groups is 1. The Bertz CT molecular complexity index is 2300. The van der Waals surface area contributed by atoms with Gasteiger partial charge >= 0.3 is 0 Å². The van der Waals surface area contributed by atoms with Gasteiger partial charge in [0.15, 0.2) is 14.6 Å². The van der Waals surface area contributed by atoms with Crippen molar-refractivity contribution >= 4 is 91.1 Å². The summed E-state index contributed by atoms with van der Waals surface area (Å²) >= 11 is 4.11. The molecule has 2 aromatic heterocycles. The lowest BCUT2D eigenvalue weighted by Crippen LogP contribution is -2.29. The lowest BCUT2D eigenvalue weighted by Gasteiger charge is -2.16. The molecule has 0 radical (unpaired) electrons. The largest absolute Gasteiger partial charge is 0.450 e. The highest BCUT2D eigenvalue weighted by molar-refractivity contribution is 8.19. The molecule has 0 unspecified atom stereocenters. The summed E-state index contributed by atoms with van der Waals surface area (Å²) in [7, 11) is 0. The van der Waals surface area contributed by atoms with Crippen molar-refractivity contribution < 1.29 is 18.8 Å². The molecule has 4 aromatic carbocycles. The number of furan rings is 1. The molecule has 2 aliphatic rings. The summed E-state index contributed by atoms with van der Waals surface area (Å²) in [5.74, 6) is -0.315. The molecule has 11 heteroatoms. The number of thioether (sulfide) groups is 1. The maximum Gasteiger partial charge on any atom is 0.271 e. The van der Waals surface area contributed by atoms with Crippen LogP contribution in [0.2, 0.25) is 0 Å². The molecule has 8 rings (SSSR count). The smallest absolute Gasteiger partial charge is 0.271 e. The van der Waals surface area contributed by atoms with Crippen LogP contribution in [-0.4, -0.2) is 27.9 Å². The number of carbonyl (C=O) groups excluding carboxylic acids is 3. The quantitative estimate of drug-likeness (QED) is 0.127. The van der Waals surface area contributed by atoms with E-state index in [9.17, 15) is 14.4 Å². The lowest BCUT2D eigenvalue weighted by molar-refractivity contribution is -0.113. The highest BCUT2D eigenvalue weighted by atomic mass is 32.2. The number of fused-ring (bicyclic) bond motifs is 2. The Morgan fingerprint density at radius 2 is 1.42 bits per heavy atom. The van der Waals surface area contributed by atoms with Crippen LogP contribution in [0.5, 0.6) is 0 Å². The maximum absolute atomic E-state index is 13.7. The Kier molecular flexibility index (Phi) is 7.59. The van der Waals surface area contributed by atoms with Crippen molar-refractivity contribution in [3.8, 4) is 0 Å². The second-order valence-electron chi connectivity index (χ2n) is 11.2. The Hall–Kier alpha value is -5.23. The molecule has 0 spiro atoms. The van der Waals surface area contributed by atoms with Crippen LogP contribution in [0.4, 0.5) is 17.1 Å². The van der Waals surface area contributed by atoms with Crippen LogP contribution in [0.1, 0.15) is 37.6 Å². The highest BCUT2D eigenvalue weighted by Crippen LogP contribution is 2.40. The second kappa shape index (κ2) is 12.1. The van der Waals surface area contributed by atoms with Gasteiger partial charge in [-0.3, -0.25) is 19.3 Å². The molecule has 0 N–H and O–H groups in total. The van der Waals surface area contributed by atoms with Gasteiger partial charge in [-0.15, -0.1) is 11.3 Å². The summed E-state index contributed by atoms with van der Waals surface area (Å²) in [6.45, 7) is 4.03. The fourth-order valence-corrected chi connectivity index (χ4v) is 8.36. The molecule has 4 heterocycles. The molecular formula is C37H24N4O4S3. The number of aryl methyl sites for hydroxylation is 2. The third-order valence-corrected chi connectivity index (χ3v) is 10.8. The van der Waals surface area contributed by atoms with Gasteiger partial charge in [0.1, 0.15) is 5.76 Å². The number of amides is 3. The van der Waals surface area contributed by atoms with Crippen molar-refractivity contribution in [2.24, 2.45) is 4.99 Å². The van der Waals surface area contributed by atoms with E-state index in [2.05, 4.69) is 0 Å². The molecule has 1 saturated heterocycles. The number of hydrogen-bond donors (Lipinski definition) is 0. The molecule has 3 amide bonds. The van der Waals surface area contributed by atoms with E-state index < -0.39 is 0 Å². The zero-order valence-corrected chi connectivity index (χ0v) is 28.0. The van der Waals surface area contributed by atoms with E-state index in [1.807, 2.05) is 86.6 Å². The number of rotatable bonds is 6. The Morgan fingerprint density at radius 3 is 2.12 bits per heavy atom. The molecular weight excluding hydrogens is 661 g/mol. The van der Waals surface area contributed by atoms with Gasteiger partial charge in [-0.25, -0.2) is 14.9 Å². The third kappa shape index (κ3) is 5.55.